The van der Waals surface area contributed by atoms with E-state index in [0.29, 0.717) is 0 Å². The number of thioether (sulfide) groups is 1. The van der Waals surface area contributed by atoms with E-state index in [4.69, 9.17) is 11.6 Å². The van der Waals surface area contributed by atoms with Crippen LogP contribution >= 0.6 is 23.4 Å². The molecule has 0 spiro atoms. The normalized spacial score (nSPS) is 11.2. The molecule has 0 atom stereocenters. The van der Waals surface area contributed by atoms with Gasteiger partial charge in [0.25, 0.3) is 0 Å². The first-order valence-electron chi connectivity index (χ1n) is 7.31. The van der Waals surface area contributed by atoms with Crippen molar-refractivity contribution >= 4 is 45.2 Å². The van der Waals surface area contributed by atoms with E-state index < -0.39 is 0 Å². The van der Waals surface area contributed by atoms with Gasteiger partial charge >= 0.3 is 0 Å². The molecule has 0 aliphatic rings. The van der Waals surface area contributed by atoms with Crippen LogP contribution in [0.1, 0.15) is 5.56 Å². The van der Waals surface area contributed by atoms with E-state index in [1.807, 2.05) is 48.8 Å². The van der Waals surface area contributed by atoms with Gasteiger partial charge in [-0.1, -0.05) is 41.9 Å². The van der Waals surface area contributed by atoms with Crippen molar-refractivity contribution < 1.29 is 0 Å². The molecule has 0 unspecified atom stereocenters. The lowest BCUT2D eigenvalue weighted by atomic mass is 10.1. The average Bonchev–Trinajstić information content (AvgIpc) is 2.61. The molecule has 4 rings (SSSR count). The number of aromatic nitrogens is 2. The summed E-state index contributed by atoms with van der Waals surface area (Å²) in [6.07, 6.45) is 3.67. The molecule has 2 heterocycles. The SMILES string of the molecule is Clc1ccc2cccnc2c1CSc1ccnc2ccccc12. The Morgan fingerprint density at radius 1 is 0.870 bits per heavy atom. The lowest BCUT2D eigenvalue weighted by Gasteiger charge is -2.09. The summed E-state index contributed by atoms with van der Waals surface area (Å²) in [5, 5.41) is 3.05. The standard InChI is InChI=1S/C19H13ClN2S/c20-16-8-7-13-4-3-10-22-19(13)15(16)12-23-18-9-11-21-17-6-2-1-5-14(17)18/h1-11H,12H2. The highest BCUT2D eigenvalue weighted by atomic mass is 35.5. The summed E-state index contributed by atoms with van der Waals surface area (Å²) in [7, 11) is 0. The smallest absolute Gasteiger partial charge is 0.0757 e. The molecule has 23 heavy (non-hydrogen) atoms. The van der Waals surface area contributed by atoms with Gasteiger partial charge in [0.05, 0.1) is 11.0 Å². The number of fused-ring (bicyclic) bond motifs is 2. The van der Waals surface area contributed by atoms with Crippen molar-refractivity contribution in [2.75, 3.05) is 0 Å². The fraction of sp³-hybridized carbons (Fsp3) is 0.0526. The topological polar surface area (TPSA) is 25.8 Å². The van der Waals surface area contributed by atoms with Gasteiger partial charge in [0, 0.05) is 44.4 Å². The van der Waals surface area contributed by atoms with Crippen LogP contribution in [0.4, 0.5) is 0 Å². The summed E-state index contributed by atoms with van der Waals surface area (Å²) in [6, 6.07) is 18.2. The van der Waals surface area contributed by atoms with Crippen molar-refractivity contribution in [3.05, 3.63) is 77.6 Å². The van der Waals surface area contributed by atoms with Gasteiger partial charge in [0.2, 0.25) is 0 Å². The second-order valence-electron chi connectivity index (χ2n) is 5.22. The van der Waals surface area contributed by atoms with Gasteiger partial charge in [-0.3, -0.25) is 9.97 Å². The number of para-hydroxylation sites is 1. The van der Waals surface area contributed by atoms with Gasteiger partial charge in [-0.25, -0.2) is 0 Å². The molecule has 2 aromatic carbocycles. The number of rotatable bonds is 3. The van der Waals surface area contributed by atoms with Crippen LogP contribution in [0, 0.1) is 0 Å². The van der Waals surface area contributed by atoms with Crippen molar-refractivity contribution in [3.63, 3.8) is 0 Å². The zero-order chi connectivity index (χ0) is 15.6. The van der Waals surface area contributed by atoms with E-state index in [9.17, 15) is 0 Å². The minimum Gasteiger partial charge on any atom is -0.256 e. The molecule has 0 saturated carbocycles. The molecule has 4 heteroatoms. The van der Waals surface area contributed by atoms with Gasteiger partial charge in [-0.15, -0.1) is 11.8 Å². The summed E-state index contributed by atoms with van der Waals surface area (Å²) in [5.74, 6) is 0.779. The molecule has 112 valence electrons. The predicted octanol–water partition coefficient (Wildman–Crippen LogP) is 5.73. The summed E-state index contributed by atoms with van der Waals surface area (Å²) >= 11 is 8.19. The van der Waals surface area contributed by atoms with Crippen LogP contribution in [-0.2, 0) is 5.75 Å². The molecule has 0 radical (unpaired) electrons. The van der Waals surface area contributed by atoms with Crippen LogP contribution in [0.25, 0.3) is 21.8 Å². The van der Waals surface area contributed by atoms with Gasteiger partial charge in [0.15, 0.2) is 0 Å². The quantitative estimate of drug-likeness (QED) is 0.447. The largest absolute Gasteiger partial charge is 0.256 e. The van der Waals surface area contributed by atoms with E-state index in [-0.39, 0.29) is 0 Å². The van der Waals surface area contributed by atoms with Crippen molar-refractivity contribution in [2.24, 2.45) is 0 Å². The number of pyridine rings is 2. The first kappa shape index (κ1) is 14.5. The molecule has 0 fully saturated rings. The first-order valence-corrected chi connectivity index (χ1v) is 8.68. The Hall–Kier alpha value is -2.10. The summed E-state index contributed by atoms with van der Waals surface area (Å²) in [5.41, 5.74) is 3.07. The first-order chi connectivity index (χ1) is 11.3. The zero-order valence-corrected chi connectivity index (χ0v) is 13.8. The van der Waals surface area contributed by atoms with Crippen LogP contribution in [0.15, 0.2) is 71.9 Å². The van der Waals surface area contributed by atoms with Crippen molar-refractivity contribution in [2.45, 2.75) is 10.6 Å². The van der Waals surface area contributed by atoms with E-state index in [1.54, 1.807) is 11.8 Å². The number of halogens is 1. The Morgan fingerprint density at radius 2 is 1.78 bits per heavy atom. The molecule has 2 nitrogen and oxygen atoms in total. The van der Waals surface area contributed by atoms with Crippen LogP contribution in [0.3, 0.4) is 0 Å². The van der Waals surface area contributed by atoms with Gasteiger partial charge < -0.3 is 0 Å². The minimum absolute atomic E-state index is 0.766. The Balaban J connectivity index is 1.73. The van der Waals surface area contributed by atoms with Crippen LogP contribution in [0.2, 0.25) is 5.02 Å². The van der Waals surface area contributed by atoms with E-state index in [0.717, 1.165) is 32.8 Å². The molecule has 4 aromatic rings. The van der Waals surface area contributed by atoms with Crippen LogP contribution < -0.4 is 0 Å². The molecule has 0 N–H and O–H groups in total. The number of benzene rings is 2. The summed E-state index contributed by atoms with van der Waals surface area (Å²) < 4.78 is 0. The Labute approximate surface area is 143 Å². The maximum absolute atomic E-state index is 6.42. The minimum atomic E-state index is 0.766. The number of nitrogens with zero attached hydrogens (tertiary/aromatic N) is 2. The van der Waals surface area contributed by atoms with E-state index >= 15 is 0 Å². The average molecular weight is 337 g/mol. The monoisotopic (exact) mass is 336 g/mol. The maximum atomic E-state index is 6.42. The predicted molar refractivity (Wildman–Crippen MR) is 98.1 cm³/mol. The Morgan fingerprint density at radius 3 is 2.74 bits per heavy atom. The molecule has 0 bridgehead atoms. The Bertz CT molecular complexity index is 995. The highest BCUT2D eigenvalue weighted by Gasteiger charge is 2.09. The summed E-state index contributed by atoms with van der Waals surface area (Å²) in [6.45, 7) is 0. The molecular weight excluding hydrogens is 324 g/mol. The van der Waals surface area contributed by atoms with Crippen LogP contribution in [-0.4, -0.2) is 9.97 Å². The highest BCUT2D eigenvalue weighted by molar-refractivity contribution is 7.98. The Kier molecular flexibility index (Phi) is 3.90. The molecule has 0 amide bonds. The fourth-order valence-electron chi connectivity index (χ4n) is 2.66. The third-order valence-corrected chi connectivity index (χ3v) is 5.26. The third-order valence-electron chi connectivity index (χ3n) is 3.80. The van der Waals surface area contributed by atoms with Gasteiger partial charge in [-0.05, 0) is 24.3 Å². The van der Waals surface area contributed by atoms with Crippen molar-refractivity contribution in [3.8, 4) is 0 Å². The lowest BCUT2D eigenvalue weighted by molar-refractivity contribution is 1.33. The molecule has 0 aliphatic carbocycles. The number of hydrogen-bond acceptors (Lipinski definition) is 3. The highest BCUT2D eigenvalue weighted by Crippen LogP contribution is 2.33. The second kappa shape index (κ2) is 6.19. The zero-order valence-electron chi connectivity index (χ0n) is 12.2. The van der Waals surface area contributed by atoms with Crippen LogP contribution in [0.5, 0.6) is 0 Å². The van der Waals surface area contributed by atoms with Gasteiger partial charge in [0.1, 0.15) is 0 Å². The third kappa shape index (κ3) is 2.78. The lowest BCUT2D eigenvalue weighted by Crippen LogP contribution is -1.90. The number of hydrogen-bond donors (Lipinski definition) is 0. The van der Waals surface area contributed by atoms with Crippen molar-refractivity contribution in [1.82, 2.24) is 9.97 Å². The van der Waals surface area contributed by atoms with Gasteiger partial charge in [-0.2, -0.15) is 0 Å². The molecule has 0 saturated heterocycles. The molecule has 0 aliphatic heterocycles. The summed E-state index contributed by atoms with van der Waals surface area (Å²) in [4.78, 5) is 10.1. The second-order valence-corrected chi connectivity index (χ2v) is 6.64. The molecule has 2 aromatic heterocycles. The van der Waals surface area contributed by atoms with E-state index in [2.05, 4.69) is 28.2 Å². The van der Waals surface area contributed by atoms with Crippen molar-refractivity contribution in [1.29, 1.82) is 0 Å². The van der Waals surface area contributed by atoms with E-state index in [1.165, 1.54) is 10.3 Å². The maximum Gasteiger partial charge on any atom is 0.0757 e. The fourth-order valence-corrected chi connectivity index (χ4v) is 4.04. The molecular formula is C19H13ClN2S.